The maximum Gasteiger partial charge on any atom is 0.337 e. The number of fused-ring (bicyclic) bond motifs is 1. The molecule has 0 aliphatic carbocycles. The molecule has 14 heavy (non-hydrogen) atoms. The minimum Gasteiger partial charge on any atom is -0.478 e. The molecule has 1 aromatic heterocycles. The first-order valence-electron chi connectivity index (χ1n) is 3.69. The van der Waals surface area contributed by atoms with Crippen molar-refractivity contribution in [2.45, 2.75) is 0 Å². The summed E-state index contributed by atoms with van der Waals surface area (Å²) >= 11 is 13.1. The predicted octanol–water partition coefficient (Wildman–Crippen LogP) is 3.91. The lowest BCUT2D eigenvalue weighted by atomic mass is 10.2. The second-order valence-corrected chi connectivity index (χ2v) is 4.36. The average Bonchev–Trinajstić information content (AvgIpc) is 2.49. The summed E-state index contributed by atoms with van der Waals surface area (Å²) in [4.78, 5) is 10.8. The zero-order valence-corrected chi connectivity index (χ0v) is 9.08. The highest BCUT2D eigenvalue weighted by atomic mass is 35.5. The van der Waals surface area contributed by atoms with Gasteiger partial charge in [-0.3, -0.25) is 0 Å². The van der Waals surface area contributed by atoms with Gasteiger partial charge in [0.15, 0.2) is 0 Å². The molecule has 0 saturated heterocycles. The molecule has 0 radical (unpaired) electrons. The van der Waals surface area contributed by atoms with E-state index in [1.807, 2.05) is 0 Å². The molecule has 2 nitrogen and oxygen atoms in total. The Labute approximate surface area is 93.7 Å². The fourth-order valence-electron chi connectivity index (χ4n) is 1.20. The van der Waals surface area contributed by atoms with Crippen molar-refractivity contribution in [3.05, 3.63) is 33.1 Å². The molecule has 0 bridgehead atoms. The van der Waals surface area contributed by atoms with E-state index in [1.165, 1.54) is 17.4 Å². The van der Waals surface area contributed by atoms with Gasteiger partial charge in [0.1, 0.15) is 0 Å². The number of hydrogen-bond acceptors (Lipinski definition) is 2. The summed E-state index contributed by atoms with van der Waals surface area (Å²) in [6, 6.07) is 3.13. The van der Waals surface area contributed by atoms with Crippen LogP contribution < -0.4 is 0 Å². The quantitative estimate of drug-likeness (QED) is 0.829. The third kappa shape index (κ3) is 1.38. The van der Waals surface area contributed by atoms with Gasteiger partial charge in [-0.2, -0.15) is 0 Å². The van der Waals surface area contributed by atoms with Gasteiger partial charge in [0.25, 0.3) is 0 Å². The minimum atomic E-state index is -1.03. The lowest BCUT2D eigenvalue weighted by molar-refractivity contribution is 0.0697. The molecule has 0 aliphatic rings. The Kier molecular flexibility index (Phi) is 2.39. The number of halogens is 2. The van der Waals surface area contributed by atoms with Crippen LogP contribution in [0.25, 0.3) is 10.1 Å². The van der Waals surface area contributed by atoms with Crippen molar-refractivity contribution < 1.29 is 9.90 Å². The van der Waals surface area contributed by atoms with Gasteiger partial charge in [-0.15, -0.1) is 11.3 Å². The van der Waals surface area contributed by atoms with Crippen molar-refractivity contribution in [2.24, 2.45) is 0 Å². The normalized spacial score (nSPS) is 10.7. The predicted molar refractivity (Wildman–Crippen MR) is 58.8 cm³/mol. The van der Waals surface area contributed by atoms with Gasteiger partial charge in [-0.05, 0) is 6.07 Å². The summed E-state index contributed by atoms with van der Waals surface area (Å²) in [6.07, 6.45) is 0. The maximum atomic E-state index is 10.8. The standard InChI is InChI=1S/C9H4Cl2O2S/c10-6-3-14-8-4(6)1-2-5(7(8)11)9(12)13/h1-3H,(H,12,13). The fraction of sp³-hybridized carbons (Fsp3) is 0. The summed E-state index contributed by atoms with van der Waals surface area (Å²) < 4.78 is 0.719. The molecule has 1 heterocycles. The van der Waals surface area contributed by atoms with Crippen LogP contribution in [0.2, 0.25) is 10.0 Å². The first-order chi connectivity index (χ1) is 6.61. The Balaban J connectivity index is 2.82. The van der Waals surface area contributed by atoms with Gasteiger partial charge in [0.05, 0.1) is 20.3 Å². The number of carboxylic acids is 1. The highest BCUT2D eigenvalue weighted by Crippen LogP contribution is 2.36. The van der Waals surface area contributed by atoms with Gasteiger partial charge in [0, 0.05) is 10.8 Å². The number of carbonyl (C=O) groups is 1. The van der Waals surface area contributed by atoms with E-state index >= 15 is 0 Å². The Morgan fingerprint density at radius 3 is 2.71 bits per heavy atom. The zero-order chi connectivity index (χ0) is 10.3. The van der Waals surface area contributed by atoms with E-state index in [0.29, 0.717) is 5.02 Å². The average molecular weight is 247 g/mol. The number of rotatable bonds is 1. The molecule has 0 saturated carbocycles. The number of aromatic carboxylic acids is 1. The van der Waals surface area contributed by atoms with Crippen molar-refractivity contribution in [1.29, 1.82) is 0 Å². The van der Waals surface area contributed by atoms with Gasteiger partial charge in [0.2, 0.25) is 0 Å². The molecule has 0 atom stereocenters. The van der Waals surface area contributed by atoms with E-state index in [0.717, 1.165) is 10.1 Å². The first-order valence-corrected chi connectivity index (χ1v) is 5.33. The molecule has 0 aliphatic heterocycles. The van der Waals surface area contributed by atoms with Crippen LogP contribution in [0.1, 0.15) is 10.4 Å². The Hall–Kier alpha value is -0.770. The van der Waals surface area contributed by atoms with Crippen LogP contribution in [0.4, 0.5) is 0 Å². The van der Waals surface area contributed by atoms with E-state index in [1.54, 1.807) is 11.4 Å². The van der Waals surface area contributed by atoms with E-state index < -0.39 is 5.97 Å². The summed E-state index contributed by atoms with van der Waals surface area (Å²) in [5.41, 5.74) is 0.109. The van der Waals surface area contributed by atoms with Gasteiger partial charge < -0.3 is 5.11 Å². The molecule has 1 N–H and O–H groups in total. The van der Waals surface area contributed by atoms with Crippen molar-refractivity contribution in [1.82, 2.24) is 0 Å². The van der Waals surface area contributed by atoms with Crippen LogP contribution >= 0.6 is 34.5 Å². The second-order valence-electron chi connectivity index (χ2n) is 2.69. The Morgan fingerprint density at radius 1 is 1.36 bits per heavy atom. The Bertz CT molecular complexity index is 519. The van der Waals surface area contributed by atoms with Crippen LogP contribution in [0.5, 0.6) is 0 Å². The first kappa shape index (κ1) is 9.77. The molecule has 0 spiro atoms. The SMILES string of the molecule is O=C(O)c1ccc2c(Cl)csc2c1Cl. The van der Waals surface area contributed by atoms with Crippen LogP contribution in [-0.4, -0.2) is 11.1 Å². The molecule has 0 amide bonds. The largest absolute Gasteiger partial charge is 0.478 e. The number of thiophene rings is 1. The van der Waals surface area contributed by atoms with Crippen LogP contribution in [0, 0.1) is 0 Å². The van der Waals surface area contributed by atoms with Crippen LogP contribution in [0.15, 0.2) is 17.5 Å². The van der Waals surface area contributed by atoms with Gasteiger partial charge in [-0.25, -0.2) is 4.79 Å². The number of carboxylic acid groups (broad SMARTS) is 1. The van der Waals surface area contributed by atoms with Crippen LogP contribution in [-0.2, 0) is 0 Å². The summed E-state index contributed by atoms with van der Waals surface area (Å²) in [5, 5.41) is 12.2. The lowest BCUT2D eigenvalue weighted by Gasteiger charge is -1.99. The number of hydrogen-bond donors (Lipinski definition) is 1. The van der Waals surface area contributed by atoms with Crippen molar-refractivity contribution in [3.8, 4) is 0 Å². The highest BCUT2D eigenvalue weighted by Gasteiger charge is 2.13. The molecule has 2 rings (SSSR count). The van der Waals surface area contributed by atoms with E-state index in [-0.39, 0.29) is 10.6 Å². The minimum absolute atomic E-state index is 0.109. The molecule has 1 aromatic carbocycles. The molecule has 72 valence electrons. The fourth-order valence-corrected chi connectivity index (χ4v) is 2.79. The third-order valence-electron chi connectivity index (χ3n) is 1.87. The van der Waals surface area contributed by atoms with Gasteiger partial charge in [-0.1, -0.05) is 29.3 Å². The lowest BCUT2D eigenvalue weighted by Crippen LogP contribution is -1.96. The highest BCUT2D eigenvalue weighted by molar-refractivity contribution is 7.18. The second kappa shape index (κ2) is 3.42. The molecule has 0 fully saturated rings. The molecular weight excluding hydrogens is 243 g/mol. The van der Waals surface area contributed by atoms with Crippen LogP contribution in [0.3, 0.4) is 0 Å². The summed E-state index contributed by atoms with van der Waals surface area (Å²) in [7, 11) is 0. The van der Waals surface area contributed by atoms with E-state index in [2.05, 4.69) is 0 Å². The molecule has 5 heteroatoms. The summed E-state index contributed by atoms with van der Waals surface area (Å²) in [6.45, 7) is 0. The topological polar surface area (TPSA) is 37.3 Å². The van der Waals surface area contributed by atoms with Crippen molar-refractivity contribution in [2.75, 3.05) is 0 Å². The van der Waals surface area contributed by atoms with Crippen molar-refractivity contribution >= 4 is 50.6 Å². The zero-order valence-electron chi connectivity index (χ0n) is 6.75. The maximum absolute atomic E-state index is 10.8. The molecule has 0 unspecified atom stereocenters. The molecule has 2 aromatic rings. The number of benzene rings is 1. The summed E-state index contributed by atoms with van der Waals surface area (Å²) in [5.74, 6) is -1.03. The van der Waals surface area contributed by atoms with Crippen molar-refractivity contribution in [3.63, 3.8) is 0 Å². The van der Waals surface area contributed by atoms with E-state index in [4.69, 9.17) is 28.3 Å². The van der Waals surface area contributed by atoms with Gasteiger partial charge >= 0.3 is 5.97 Å². The molecular formula is C9H4Cl2O2S. The third-order valence-corrected chi connectivity index (χ3v) is 3.83. The monoisotopic (exact) mass is 246 g/mol. The smallest absolute Gasteiger partial charge is 0.337 e. The Morgan fingerprint density at radius 2 is 2.07 bits per heavy atom. The van der Waals surface area contributed by atoms with E-state index in [9.17, 15) is 4.79 Å².